The minimum Gasteiger partial charge on any atom is -0.472 e. The molecule has 1 saturated carbocycles. The van der Waals surface area contributed by atoms with Crippen LogP contribution < -0.4 is 5.32 Å². The molecule has 0 radical (unpaired) electrons. The molecule has 4 aromatic heterocycles. The van der Waals surface area contributed by atoms with Crippen LogP contribution >= 0.6 is 0 Å². The summed E-state index contributed by atoms with van der Waals surface area (Å²) in [4.78, 5) is 9.13. The average molecular weight is 374 g/mol. The van der Waals surface area contributed by atoms with E-state index >= 15 is 0 Å². The second-order valence-corrected chi connectivity index (χ2v) is 7.04. The molecular weight excluding hydrogens is 356 g/mol. The van der Waals surface area contributed by atoms with Gasteiger partial charge in [0.05, 0.1) is 42.2 Å². The number of rotatable bonds is 4. The van der Waals surface area contributed by atoms with E-state index in [4.69, 9.17) is 4.42 Å². The van der Waals surface area contributed by atoms with Crippen LogP contribution in [0.25, 0.3) is 22.4 Å². The van der Waals surface area contributed by atoms with Crippen LogP contribution in [0, 0.1) is 11.3 Å². The van der Waals surface area contributed by atoms with Crippen molar-refractivity contribution in [1.82, 2.24) is 29.9 Å². The fraction of sp³-hybridized carbons (Fsp3) is 0.316. The van der Waals surface area contributed by atoms with Crippen molar-refractivity contribution in [3.8, 4) is 17.5 Å². The normalized spacial score (nSPS) is 16.1. The average Bonchev–Trinajstić information content (AvgIpc) is 3.49. The fourth-order valence-corrected chi connectivity index (χ4v) is 3.74. The van der Waals surface area contributed by atoms with E-state index in [1.807, 2.05) is 12.3 Å². The number of nitrogens with zero attached hydrogens (tertiary/aromatic N) is 6. The maximum Gasteiger partial charge on any atom is 0.165 e. The molecule has 0 aliphatic heterocycles. The van der Waals surface area contributed by atoms with E-state index in [9.17, 15) is 5.26 Å². The Morgan fingerprint density at radius 2 is 2.11 bits per heavy atom. The van der Waals surface area contributed by atoms with Crippen molar-refractivity contribution in [3.05, 3.63) is 37.2 Å². The Bertz CT molecular complexity index is 1140. The van der Waals surface area contributed by atoms with Gasteiger partial charge in [0.1, 0.15) is 22.8 Å². The van der Waals surface area contributed by atoms with E-state index in [1.165, 1.54) is 6.42 Å². The number of hydrogen-bond acceptors (Lipinski definition) is 7. The predicted molar refractivity (Wildman–Crippen MR) is 102 cm³/mol. The summed E-state index contributed by atoms with van der Waals surface area (Å²) in [6.45, 7) is 0. The molecule has 0 bridgehead atoms. The van der Waals surface area contributed by atoms with Gasteiger partial charge >= 0.3 is 0 Å². The highest BCUT2D eigenvalue weighted by Crippen LogP contribution is 2.35. The van der Waals surface area contributed by atoms with Crippen LogP contribution in [-0.4, -0.2) is 29.9 Å². The molecule has 0 unspecified atom stereocenters. The molecule has 4 heterocycles. The molecule has 0 saturated heterocycles. The first-order valence-corrected chi connectivity index (χ1v) is 9.25. The molecule has 2 N–H and O–H groups in total. The topological polar surface area (TPSA) is 121 Å². The number of fused-ring (bicyclic) bond motifs is 1. The highest BCUT2D eigenvalue weighted by molar-refractivity contribution is 5.88. The summed E-state index contributed by atoms with van der Waals surface area (Å²) < 4.78 is 6.94. The summed E-state index contributed by atoms with van der Waals surface area (Å²) in [5, 5.41) is 24.5. The van der Waals surface area contributed by atoms with E-state index in [2.05, 4.69) is 36.7 Å². The van der Waals surface area contributed by atoms with Crippen LogP contribution in [0.5, 0.6) is 0 Å². The van der Waals surface area contributed by atoms with Crippen LogP contribution in [0.2, 0.25) is 0 Å². The van der Waals surface area contributed by atoms with E-state index < -0.39 is 5.54 Å². The predicted octanol–water partition coefficient (Wildman–Crippen LogP) is 3.74. The Morgan fingerprint density at radius 3 is 2.89 bits per heavy atom. The minimum absolute atomic E-state index is 0.540. The Labute approximate surface area is 160 Å². The number of aromatic amines is 1. The Kier molecular flexibility index (Phi) is 3.83. The number of hydrogen-bond donors (Lipinski definition) is 2. The molecule has 0 aromatic carbocycles. The third-order valence-corrected chi connectivity index (χ3v) is 5.25. The van der Waals surface area contributed by atoms with Crippen molar-refractivity contribution in [1.29, 1.82) is 5.26 Å². The molecule has 4 aromatic rings. The van der Waals surface area contributed by atoms with E-state index in [-0.39, 0.29) is 0 Å². The second kappa shape index (κ2) is 6.49. The van der Waals surface area contributed by atoms with Gasteiger partial charge in [-0.05, 0) is 31.7 Å². The van der Waals surface area contributed by atoms with E-state index in [1.54, 1.807) is 29.6 Å². The van der Waals surface area contributed by atoms with Gasteiger partial charge in [-0.1, -0.05) is 6.42 Å². The molecule has 1 aliphatic carbocycles. The first kappa shape index (κ1) is 16.5. The van der Waals surface area contributed by atoms with E-state index in [0.29, 0.717) is 22.7 Å². The van der Waals surface area contributed by atoms with Gasteiger partial charge in [-0.2, -0.15) is 15.5 Å². The molecule has 5 rings (SSSR count). The van der Waals surface area contributed by atoms with Crippen molar-refractivity contribution >= 4 is 22.5 Å². The summed E-state index contributed by atoms with van der Waals surface area (Å²) in [5.74, 6) is 1.13. The third-order valence-electron chi connectivity index (χ3n) is 5.25. The molecule has 140 valence electrons. The SMILES string of the molecule is N#CC1(n2cc(Nc3nc(-c4ccoc4)nc4cn[nH]c34)cn2)CCCCC1. The molecule has 0 spiro atoms. The van der Waals surface area contributed by atoms with Crippen LogP contribution in [0.4, 0.5) is 11.5 Å². The van der Waals surface area contributed by atoms with Crippen molar-refractivity contribution < 1.29 is 4.42 Å². The fourth-order valence-electron chi connectivity index (χ4n) is 3.74. The summed E-state index contributed by atoms with van der Waals surface area (Å²) in [7, 11) is 0. The summed E-state index contributed by atoms with van der Waals surface area (Å²) >= 11 is 0. The van der Waals surface area contributed by atoms with Crippen LogP contribution in [-0.2, 0) is 5.54 Å². The number of aromatic nitrogens is 6. The lowest BCUT2D eigenvalue weighted by molar-refractivity contribution is 0.244. The first-order valence-electron chi connectivity index (χ1n) is 9.25. The van der Waals surface area contributed by atoms with Crippen molar-refractivity contribution in [3.63, 3.8) is 0 Å². The van der Waals surface area contributed by atoms with Gasteiger partial charge in [-0.15, -0.1) is 0 Å². The Hall–Kier alpha value is -3.67. The van der Waals surface area contributed by atoms with Gasteiger partial charge in [0.2, 0.25) is 0 Å². The standard InChI is InChI=1S/C19H18N8O/c20-12-19(5-2-1-3-6-19)27-10-14(8-22-27)23-18-16-15(9-21-26-16)24-17(25-18)13-4-7-28-11-13/h4,7-11H,1-3,5-6H2,(H,21,26)(H,23,24,25). The van der Waals surface area contributed by atoms with Crippen LogP contribution in [0.3, 0.4) is 0 Å². The molecule has 0 atom stereocenters. The molecule has 1 aliphatic rings. The van der Waals surface area contributed by atoms with Gasteiger partial charge in [0.25, 0.3) is 0 Å². The van der Waals surface area contributed by atoms with Gasteiger partial charge in [0.15, 0.2) is 11.6 Å². The maximum atomic E-state index is 9.78. The maximum absolute atomic E-state index is 9.78. The van der Waals surface area contributed by atoms with Gasteiger partial charge < -0.3 is 9.73 Å². The third kappa shape index (κ3) is 2.70. The largest absolute Gasteiger partial charge is 0.472 e. The minimum atomic E-state index is -0.560. The first-order chi connectivity index (χ1) is 13.8. The second-order valence-electron chi connectivity index (χ2n) is 7.04. The Balaban J connectivity index is 1.50. The van der Waals surface area contributed by atoms with Gasteiger partial charge in [0, 0.05) is 0 Å². The smallest absolute Gasteiger partial charge is 0.165 e. The van der Waals surface area contributed by atoms with Gasteiger partial charge in [-0.25, -0.2) is 9.97 Å². The monoisotopic (exact) mass is 374 g/mol. The van der Waals surface area contributed by atoms with Crippen LogP contribution in [0.15, 0.2) is 41.6 Å². The van der Waals surface area contributed by atoms with E-state index in [0.717, 1.165) is 36.9 Å². The number of nitrogens with one attached hydrogen (secondary N) is 2. The number of nitriles is 1. The molecule has 9 nitrogen and oxygen atoms in total. The number of furan rings is 1. The number of H-pyrrole nitrogens is 1. The highest BCUT2D eigenvalue weighted by atomic mass is 16.3. The van der Waals surface area contributed by atoms with Crippen molar-refractivity contribution in [2.75, 3.05) is 5.32 Å². The molecule has 1 fully saturated rings. The lowest BCUT2D eigenvalue weighted by Crippen LogP contribution is -2.34. The molecular formula is C19H18N8O. The Morgan fingerprint density at radius 1 is 1.21 bits per heavy atom. The molecule has 0 amide bonds. The quantitative estimate of drug-likeness (QED) is 0.558. The zero-order chi connectivity index (χ0) is 19.0. The lowest BCUT2D eigenvalue weighted by atomic mass is 9.83. The highest BCUT2D eigenvalue weighted by Gasteiger charge is 2.34. The zero-order valence-electron chi connectivity index (χ0n) is 15.1. The molecule has 28 heavy (non-hydrogen) atoms. The zero-order valence-corrected chi connectivity index (χ0v) is 15.1. The number of anilines is 2. The summed E-state index contributed by atoms with van der Waals surface area (Å²) in [6.07, 6.45) is 13.3. The van der Waals surface area contributed by atoms with Crippen molar-refractivity contribution in [2.24, 2.45) is 0 Å². The van der Waals surface area contributed by atoms with Crippen LogP contribution in [0.1, 0.15) is 32.1 Å². The van der Waals surface area contributed by atoms with Crippen molar-refractivity contribution in [2.45, 2.75) is 37.6 Å². The summed E-state index contributed by atoms with van der Waals surface area (Å²) in [6, 6.07) is 4.29. The lowest BCUT2D eigenvalue weighted by Gasteiger charge is -2.30. The molecule has 9 heteroatoms. The summed E-state index contributed by atoms with van der Waals surface area (Å²) in [5.41, 5.74) is 2.38. The van der Waals surface area contributed by atoms with Gasteiger partial charge in [-0.3, -0.25) is 9.78 Å².